The highest BCUT2D eigenvalue weighted by atomic mass is 32.2. The number of pyridine rings is 2. The van der Waals surface area contributed by atoms with Crippen LogP contribution in [0.2, 0.25) is 0 Å². The summed E-state index contributed by atoms with van der Waals surface area (Å²) in [4.78, 5) is 17.8. The number of benzene rings is 1. The molecule has 0 saturated heterocycles. The molecule has 7 nitrogen and oxygen atoms in total. The van der Waals surface area contributed by atoms with E-state index in [0.29, 0.717) is 17.2 Å². The van der Waals surface area contributed by atoms with Crippen molar-refractivity contribution < 1.29 is 13.2 Å². The van der Waals surface area contributed by atoms with E-state index >= 15 is 0 Å². The van der Waals surface area contributed by atoms with E-state index in [2.05, 4.69) is 14.7 Å². The number of aromatic nitrogens is 2. The average Bonchev–Trinajstić information content (AvgIpc) is 2.62. The Morgan fingerprint density at radius 3 is 2.56 bits per heavy atom. The van der Waals surface area contributed by atoms with E-state index in [0.717, 1.165) is 0 Å². The van der Waals surface area contributed by atoms with Crippen LogP contribution in [0.15, 0.2) is 76.7 Å². The molecule has 0 atom stereocenters. The number of sulfonamides is 1. The highest BCUT2D eigenvalue weighted by Crippen LogP contribution is 2.21. The fraction of sp³-hybridized carbons (Fsp3) is 0.0588. The second-order valence-corrected chi connectivity index (χ2v) is 6.89. The van der Waals surface area contributed by atoms with Crippen molar-refractivity contribution in [3.8, 4) is 11.6 Å². The molecule has 3 aromatic rings. The first-order chi connectivity index (χ1) is 12.0. The standard InChI is InChI=1S/C17H15N3O4S/c21-16-11-13(8-10-18-16)12-20-25(22,23)15-6-4-14(5-7-15)24-17-3-1-2-9-19-17/h1-11,20H,12H2,(H,18,21). The molecule has 0 amide bonds. The molecule has 2 aromatic heterocycles. The highest BCUT2D eigenvalue weighted by molar-refractivity contribution is 7.89. The molecule has 8 heteroatoms. The monoisotopic (exact) mass is 357 g/mol. The second-order valence-electron chi connectivity index (χ2n) is 5.13. The first-order valence-electron chi connectivity index (χ1n) is 7.39. The number of nitrogens with one attached hydrogen (secondary N) is 2. The molecule has 2 heterocycles. The molecule has 0 fully saturated rings. The maximum absolute atomic E-state index is 12.3. The molecule has 0 unspecified atom stereocenters. The average molecular weight is 357 g/mol. The van der Waals surface area contributed by atoms with E-state index < -0.39 is 10.0 Å². The van der Waals surface area contributed by atoms with Crippen molar-refractivity contribution in [2.75, 3.05) is 0 Å². The van der Waals surface area contributed by atoms with Gasteiger partial charge in [0.25, 0.3) is 0 Å². The number of aromatic amines is 1. The molecule has 0 radical (unpaired) electrons. The Hall–Kier alpha value is -2.97. The van der Waals surface area contributed by atoms with Crippen LogP contribution in [0, 0.1) is 0 Å². The fourth-order valence-corrected chi connectivity index (χ4v) is 3.09. The van der Waals surface area contributed by atoms with Crippen molar-refractivity contribution in [2.24, 2.45) is 0 Å². The van der Waals surface area contributed by atoms with Gasteiger partial charge in [0.2, 0.25) is 21.5 Å². The zero-order chi connectivity index (χ0) is 17.7. The molecule has 128 valence electrons. The molecule has 3 rings (SSSR count). The van der Waals surface area contributed by atoms with Crippen molar-refractivity contribution in [3.05, 3.63) is 82.9 Å². The summed E-state index contributed by atoms with van der Waals surface area (Å²) in [6, 6.07) is 14.2. The third-order valence-corrected chi connectivity index (χ3v) is 4.72. The van der Waals surface area contributed by atoms with Crippen LogP contribution in [0.1, 0.15) is 5.56 Å². The van der Waals surface area contributed by atoms with E-state index in [1.54, 1.807) is 42.6 Å². The maximum Gasteiger partial charge on any atom is 0.248 e. The smallest absolute Gasteiger partial charge is 0.248 e. The fourth-order valence-electron chi connectivity index (χ4n) is 2.08. The lowest BCUT2D eigenvalue weighted by atomic mass is 10.3. The first-order valence-corrected chi connectivity index (χ1v) is 8.87. The molecule has 1 aromatic carbocycles. The number of rotatable bonds is 6. The van der Waals surface area contributed by atoms with E-state index in [-0.39, 0.29) is 17.0 Å². The Kier molecular flexibility index (Phi) is 4.92. The van der Waals surface area contributed by atoms with Crippen molar-refractivity contribution in [1.29, 1.82) is 0 Å². The van der Waals surface area contributed by atoms with Gasteiger partial charge in [-0.2, -0.15) is 0 Å². The van der Waals surface area contributed by atoms with Gasteiger partial charge in [-0.3, -0.25) is 4.79 Å². The number of hydrogen-bond acceptors (Lipinski definition) is 5. The normalized spacial score (nSPS) is 11.2. The Morgan fingerprint density at radius 2 is 1.88 bits per heavy atom. The van der Waals surface area contributed by atoms with Crippen molar-refractivity contribution >= 4 is 10.0 Å². The van der Waals surface area contributed by atoms with Crippen molar-refractivity contribution in [2.45, 2.75) is 11.4 Å². The van der Waals surface area contributed by atoms with Gasteiger partial charge in [-0.1, -0.05) is 6.07 Å². The van der Waals surface area contributed by atoms with Crippen LogP contribution in [-0.4, -0.2) is 18.4 Å². The topological polar surface area (TPSA) is 101 Å². The van der Waals surface area contributed by atoms with Crippen LogP contribution < -0.4 is 15.0 Å². The minimum absolute atomic E-state index is 0.0262. The lowest BCUT2D eigenvalue weighted by Crippen LogP contribution is -2.23. The summed E-state index contributed by atoms with van der Waals surface area (Å²) in [5.41, 5.74) is 0.287. The number of hydrogen-bond donors (Lipinski definition) is 2. The number of H-pyrrole nitrogens is 1. The van der Waals surface area contributed by atoms with E-state index in [9.17, 15) is 13.2 Å². The highest BCUT2D eigenvalue weighted by Gasteiger charge is 2.14. The minimum atomic E-state index is -3.69. The largest absolute Gasteiger partial charge is 0.439 e. The van der Waals surface area contributed by atoms with Gasteiger partial charge in [-0.05, 0) is 42.0 Å². The summed E-state index contributed by atoms with van der Waals surface area (Å²) in [7, 11) is -3.69. The molecular formula is C17H15N3O4S. The summed E-state index contributed by atoms with van der Waals surface area (Å²) in [5, 5.41) is 0. The number of nitrogens with zero attached hydrogens (tertiary/aromatic N) is 1. The van der Waals surface area contributed by atoms with Crippen LogP contribution >= 0.6 is 0 Å². The zero-order valence-corrected chi connectivity index (χ0v) is 13.9. The lowest BCUT2D eigenvalue weighted by molar-refractivity contribution is 0.462. The summed E-state index contributed by atoms with van der Waals surface area (Å²) >= 11 is 0. The summed E-state index contributed by atoms with van der Waals surface area (Å²) in [6.07, 6.45) is 3.07. The molecule has 2 N–H and O–H groups in total. The number of ether oxygens (including phenoxy) is 1. The van der Waals surface area contributed by atoms with Gasteiger partial charge in [-0.15, -0.1) is 0 Å². The predicted octanol–water partition coefficient (Wildman–Crippen LogP) is 2.04. The SMILES string of the molecule is O=c1cc(CNS(=O)(=O)c2ccc(Oc3ccccn3)cc2)cc[nH]1. The van der Waals surface area contributed by atoms with Gasteiger partial charge >= 0.3 is 0 Å². The summed E-state index contributed by atoms with van der Waals surface area (Å²) in [5.74, 6) is 0.901. The molecule has 0 spiro atoms. The first kappa shape index (κ1) is 16.9. The Bertz CT molecular complexity index is 1000. The maximum atomic E-state index is 12.3. The van der Waals surface area contributed by atoms with Gasteiger partial charge in [0.1, 0.15) is 5.75 Å². The van der Waals surface area contributed by atoms with Gasteiger partial charge < -0.3 is 9.72 Å². The quantitative estimate of drug-likeness (QED) is 0.703. The van der Waals surface area contributed by atoms with Crippen molar-refractivity contribution in [3.63, 3.8) is 0 Å². The molecule has 0 bridgehead atoms. The Morgan fingerprint density at radius 1 is 1.08 bits per heavy atom. The van der Waals surface area contributed by atoms with Crippen LogP contribution in [0.5, 0.6) is 11.6 Å². The molecule has 0 aliphatic rings. The van der Waals surface area contributed by atoms with Crippen LogP contribution in [-0.2, 0) is 16.6 Å². The van der Waals surface area contributed by atoms with Gasteiger partial charge in [0.05, 0.1) is 4.90 Å². The van der Waals surface area contributed by atoms with Crippen molar-refractivity contribution in [1.82, 2.24) is 14.7 Å². The third kappa shape index (κ3) is 4.52. The van der Waals surface area contributed by atoms with E-state index in [4.69, 9.17) is 4.74 Å². The van der Waals surface area contributed by atoms with Gasteiger partial charge in [0.15, 0.2) is 0 Å². The summed E-state index contributed by atoms with van der Waals surface area (Å²) < 4.78 is 32.6. The Labute approximate surface area is 144 Å². The van der Waals surface area contributed by atoms with Crippen LogP contribution in [0.25, 0.3) is 0 Å². The van der Waals surface area contributed by atoms with E-state index in [1.807, 2.05) is 0 Å². The molecule has 0 aliphatic heterocycles. The van der Waals surface area contributed by atoms with Gasteiger partial charge in [0, 0.05) is 31.1 Å². The third-order valence-electron chi connectivity index (χ3n) is 3.30. The zero-order valence-electron chi connectivity index (χ0n) is 13.0. The van der Waals surface area contributed by atoms with E-state index in [1.165, 1.54) is 24.4 Å². The van der Waals surface area contributed by atoms with Gasteiger partial charge in [-0.25, -0.2) is 18.1 Å². The predicted molar refractivity (Wildman–Crippen MR) is 91.8 cm³/mol. The van der Waals surface area contributed by atoms with Crippen LogP contribution in [0.3, 0.4) is 0 Å². The lowest BCUT2D eigenvalue weighted by Gasteiger charge is -2.08. The molecular weight excluding hydrogens is 342 g/mol. The molecule has 0 aliphatic carbocycles. The molecule has 25 heavy (non-hydrogen) atoms. The van der Waals surface area contributed by atoms with Crippen LogP contribution in [0.4, 0.5) is 0 Å². The minimum Gasteiger partial charge on any atom is -0.439 e. The summed E-state index contributed by atoms with van der Waals surface area (Å²) in [6.45, 7) is 0.0262. The molecule has 0 saturated carbocycles. The second kappa shape index (κ2) is 7.29. The Balaban J connectivity index is 1.69.